The maximum absolute atomic E-state index is 8.91. The largest absolute Gasteiger partial charge is 0.393 e. The van der Waals surface area contributed by atoms with Gasteiger partial charge in [-0.15, -0.1) is 12.4 Å². The molecule has 0 atom stereocenters. The molecule has 1 saturated carbocycles. The minimum absolute atomic E-state index is 0. The van der Waals surface area contributed by atoms with Crippen LogP contribution in [0, 0.1) is 0 Å². The third kappa shape index (κ3) is 4.70. The topological polar surface area (TPSA) is 55.2 Å². The zero-order chi connectivity index (χ0) is 5.11. The molecule has 0 spiro atoms. The SMILES string of the molecule is Cl.N.OC1CCCCC1. The molecule has 1 rings (SSSR count). The molecule has 0 unspecified atom stereocenters. The summed E-state index contributed by atoms with van der Waals surface area (Å²) in [6.07, 6.45) is 5.92. The van der Waals surface area contributed by atoms with E-state index in [-0.39, 0.29) is 24.7 Å². The van der Waals surface area contributed by atoms with Crippen molar-refractivity contribution in [1.82, 2.24) is 6.15 Å². The van der Waals surface area contributed by atoms with Gasteiger partial charge in [-0.3, -0.25) is 0 Å². The first-order chi connectivity index (χ1) is 3.39. The van der Waals surface area contributed by atoms with E-state index in [2.05, 4.69) is 0 Å². The lowest BCUT2D eigenvalue weighted by molar-refractivity contribution is 0.130. The first kappa shape index (κ1) is 11.9. The molecule has 0 amide bonds. The summed E-state index contributed by atoms with van der Waals surface area (Å²) in [5.41, 5.74) is 0. The Labute approximate surface area is 62.6 Å². The number of rotatable bonds is 0. The van der Waals surface area contributed by atoms with E-state index in [1.165, 1.54) is 19.3 Å². The first-order valence-electron chi connectivity index (χ1n) is 3.07. The number of aliphatic hydroxyl groups excluding tert-OH is 1. The monoisotopic (exact) mass is 153 g/mol. The Balaban J connectivity index is 0. The van der Waals surface area contributed by atoms with E-state index >= 15 is 0 Å². The highest BCUT2D eigenvalue weighted by atomic mass is 35.5. The Morgan fingerprint density at radius 1 is 1.00 bits per heavy atom. The first-order valence-corrected chi connectivity index (χ1v) is 3.07. The predicted octanol–water partition coefficient (Wildman–Crippen LogP) is 1.90. The van der Waals surface area contributed by atoms with E-state index in [0.717, 1.165) is 12.8 Å². The van der Waals surface area contributed by atoms with Gasteiger partial charge in [-0.1, -0.05) is 19.3 Å². The lowest BCUT2D eigenvalue weighted by atomic mass is 9.98. The van der Waals surface area contributed by atoms with E-state index in [1.54, 1.807) is 0 Å². The second-order valence-electron chi connectivity index (χ2n) is 2.29. The van der Waals surface area contributed by atoms with Crippen LogP contribution >= 0.6 is 12.4 Å². The van der Waals surface area contributed by atoms with Crippen LogP contribution in [0.2, 0.25) is 0 Å². The van der Waals surface area contributed by atoms with Crippen molar-refractivity contribution in [1.29, 1.82) is 0 Å². The van der Waals surface area contributed by atoms with Crippen LogP contribution in [0.5, 0.6) is 0 Å². The lowest BCUT2D eigenvalue weighted by Gasteiger charge is -2.14. The van der Waals surface area contributed by atoms with Crippen LogP contribution in [0.25, 0.3) is 0 Å². The van der Waals surface area contributed by atoms with Crippen LogP contribution in [-0.2, 0) is 0 Å². The molecule has 0 aromatic rings. The highest BCUT2D eigenvalue weighted by molar-refractivity contribution is 5.85. The van der Waals surface area contributed by atoms with Crippen molar-refractivity contribution in [3.63, 3.8) is 0 Å². The van der Waals surface area contributed by atoms with Gasteiger partial charge >= 0.3 is 0 Å². The zero-order valence-corrected chi connectivity index (χ0v) is 6.49. The van der Waals surface area contributed by atoms with Crippen LogP contribution < -0.4 is 6.15 Å². The van der Waals surface area contributed by atoms with Crippen molar-refractivity contribution in [2.75, 3.05) is 0 Å². The predicted molar refractivity (Wildman–Crippen MR) is 41.4 cm³/mol. The Morgan fingerprint density at radius 3 is 1.67 bits per heavy atom. The Morgan fingerprint density at radius 2 is 1.44 bits per heavy atom. The maximum atomic E-state index is 8.91. The van der Waals surface area contributed by atoms with Crippen LogP contribution in [0.4, 0.5) is 0 Å². The van der Waals surface area contributed by atoms with Gasteiger partial charge < -0.3 is 11.3 Å². The number of halogens is 1. The molecule has 0 heterocycles. The van der Waals surface area contributed by atoms with Crippen molar-refractivity contribution in [2.24, 2.45) is 0 Å². The fourth-order valence-electron chi connectivity index (χ4n) is 1.08. The molecule has 0 bridgehead atoms. The van der Waals surface area contributed by atoms with E-state index in [9.17, 15) is 0 Å². The third-order valence-electron chi connectivity index (χ3n) is 1.57. The highest BCUT2D eigenvalue weighted by Crippen LogP contribution is 2.16. The van der Waals surface area contributed by atoms with Crippen molar-refractivity contribution in [2.45, 2.75) is 38.2 Å². The molecule has 2 nitrogen and oxygen atoms in total. The van der Waals surface area contributed by atoms with Crippen LogP contribution in [0.3, 0.4) is 0 Å². The Kier molecular flexibility index (Phi) is 8.40. The van der Waals surface area contributed by atoms with Gasteiger partial charge in [0, 0.05) is 0 Å². The van der Waals surface area contributed by atoms with E-state index in [1.807, 2.05) is 0 Å². The van der Waals surface area contributed by atoms with Gasteiger partial charge in [-0.2, -0.15) is 0 Å². The number of hydrogen-bond donors (Lipinski definition) is 2. The van der Waals surface area contributed by atoms with Gasteiger partial charge in [-0.05, 0) is 12.8 Å². The van der Waals surface area contributed by atoms with Crippen LogP contribution in [0.15, 0.2) is 0 Å². The second kappa shape index (κ2) is 6.33. The summed E-state index contributed by atoms with van der Waals surface area (Å²) in [7, 11) is 0. The molecule has 1 aliphatic rings. The van der Waals surface area contributed by atoms with Gasteiger partial charge in [0.25, 0.3) is 0 Å². The summed E-state index contributed by atoms with van der Waals surface area (Å²) < 4.78 is 0. The summed E-state index contributed by atoms with van der Waals surface area (Å²) >= 11 is 0. The summed E-state index contributed by atoms with van der Waals surface area (Å²) in [5, 5.41) is 8.91. The zero-order valence-electron chi connectivity index (χ0n) is 5.68. The number of hydrogen-bond acceptors (Lipinski definition) is 2. The Hall–Kier alpha value is 0.210. The van der Waals surface area contributed by atoms with Crippen molar-refractivity contribution in [3.05, 3.63) is 0 Å². The van der Waals surface area contributed by atoms with Crippen molar-refractivity contribution >= 4 is 12.4 Å². The summed E-state index contributed by atoms with van der Waals surface area (Å²) in [6, 6.07) is 0. The lowest BCUT2D eigenvalue weighted by Crippen LogP contribution is -2.09. The molecular weight excluding hydrogens is 138 g/mol. The number of aliphatic hydroxyl groups is 1. The third-order valence-corrected chi connectivity index (χ3v) is 1.57. The normalized spacial score (nSPS) is 19.7. The molecule has 3 heteroatoms. The Bertz CT molecular complexity index is 55.0. The fraction of sp³-hybridized carbons (Fsp3) is 1.00. The molecule has 0 radical (unpaired) electrons. The standard InChI is InChI=1S/C6H12O.ClH.H3N/c7-6-4-2-1-3-5-6;;/h6-7H,1-5H2;1H;1H3. The molecule has 0 aromatic carbocycles. The average molecular weight is 154 g/mol. The molecule has 1 aliphatic carbocycles. The van der Waals surface area contributed by atoms with Gasteiger partial charge in [0.05, 0.1) is 6.10 Å². The maximum Gasteiger partial charge on any atom is 0.0540 e. The smallest absolute Gasteiger partial charge is 0.0540 e. The summed E-state index contributed by atoms with van der Waals surface area (Å²) in [5.74, 6) is 0. The molecule has 4 N–H and O–H groups in total. The fourth-order valence-corrected chi connectivity index (χ4v) is 1.08. The van der Waals surface area contributed by atoms with Gasteiger partial charge in [0.2, 0.25) is 0 Å². The van der Waals surface area contributed by atoms with Crippen molar-refractivity contribution in [3.8, 4) is 0 Å². The molecule has 0 aliphatic heterocycles. The molecule has 58 valence electrons. The minimum Gasteiger partial charge on any atom is -0.393 e. The molecule has 0 aromatic heterocycles. The minimum atomic E-state index is 0. The average Bonchev–Trinajstić information content (AvgIpc) is 1.69. The second-order valence-corrected chi connectivity index (χ2v) is 2.29. The molecule has 1 fully saturated rings. The van der Waals surface area contributed by atoms with Crippen LogP contribution in [0.1, 0.15) is 32.1 Å². The molecule has 9 heavy (non-hydrogen) atoms. The van der Waals surface area contributed by atoms with Crippen molar-refractivity contribution < 1.29 is 5.11 Å². The van der Waals surface area contributed by atoms with Gasteiger partial charge in [0.15, 0.2) is 0 Å². The van der Waals surface area contributed by atoms with E-state index < -0.39 is 0 Å². The molecular formula is C6H16ClNO. The van der Waals surface area contributed by atoms with E-state index in [0.29, 0.717) is 0 Å². The van der Waals surface area contributed by atoms with E-state index in [4.69, 9.17) is 5.11 Å². The quantitative estimate of drug-likeness (QED) is 0.559. The summed E-state index contributed by atoms with van der Waals surface area (Å²) in [4.78, 5) is 0. The van der Waals surface area contributed by atoms with Crippen LogP contribution in [-0.4, -0.2) is 11.2 Å². The van der Waals surface area contributed by atoms with Gasteiger partial charge in [0.1, 0.15) is 0 Å². The summed E-state index contributed by atoms with van der Waals surface area (Å²) in [6.45, 7) is 0. The highest BCUT2D eigenvalue weighted by Gasteiger charge is 2.07. The van der Waals surface area contributed by atoms with Gasteiger partial charge in [-0.25, -0.2) is 0 Å². The molecule has 0 saturated heterocycles.